The number of ether oxygens (including phenoxy) is 1. The summed E-state index contributed by atoms with van der Waals surface area (Å²) in [5.74, 6) is 0.548. The predicted molar refractivity (Wildman–Crippen MR) is 74.9 cm³/mol. The van der Waals surface area contributed by atoms with Gasteiger partial charge in [0.05, 0.1) is 7.11 Å². The molecule has 19 heavy (non-hydrogen) atoms. The number of methoxy groups -OCH3 is 1. The van der Waals surface area contributed by atoms with Gasteiger partial charge in [-0.05, 0) is 50.6 Å². The van der Waals surface area contributed by atoms with Crippen molar-refractivity contribution < 1.29 is 9.13 Å². The van der Waals surface area contributed by atoms with Gasteiger partial charge in [-0.15, -0.1) is 0 Å². The standard InChI is InChI=1S/C15H23FN2O/c1-17-10-15(6-7-15)11-18(2)9-12-8-13(16)4-5-14(12)19-3/h4-5,8,17H,6-7,9-11H2,1-3H3. The van der Waals surface area contributed by atoms with Gasteiger partial charge in [0.1, 0.15) is 11.6 Å². The molecule has 0 aliphatic heterocycles. The minimum absolute atomic E-state index is 0.208. The maximum atomic E-state index is 13.3. The molecule has 0 aromatic heterocycles. The quantitative estimate of drug-likeness (QED) is 0.819. The van der Waals surface area contributed by atoms with E-state index in [0.29, 0.717) is 12.0 Å². The molecule has 0 saturated heterocycles. The Hall–Kier alpha value is -1.13. The van der Waals surface area contributed by atoms with E-state index in [-0.39, 0.29) is 5.82 Å². The highest BCUT2D eigenvalue weighted by molar-refractivity contribution is 5.33. The first kappa shape index (κ1) is 14.3. The van der Waals surface area contributed by atoms with Crippen molar-refractivity contribution >= 4 is 0 Å². The zero-order chi connectivity index (χ0) is 13.9. The summed E-state index contributed by atoms with van der Waals surface area (Å²) in [7, 11) is 5.70. The Morgan fingerprint density at radius 3 is 2.74 bits per heavy atom. The lowest BCUT2D eigenvalue weighted by Crippen LogP contribution is -2.32. The van der Waals surface area contributed by atoms with Gasteiger partial charge in [-0.25, -0.2) is 4.39 Å². The van der Waals surface area contributed by atoms with Crippen molar-refractivity contribution in [1.82, 2.24) is 10.2 Å². The van der Waals surface area contributed by atoms with Crippen LogP contribution in [0.2, 0.25) is 0 Å². The van der Waals surface area contributed by atoms with Gasteiger partial charge < -0.3 is 15.0 Å². The molecule has 1 aliphatic carbocycles. The first-order valence-electron chi connectivity index (χ1n) is 6.74. The molecule has 1 aliphatic rings. The van der Waals surface area contributed by atoms with E-state index in [1.165, 1.54) is 18.9 Å². The Kier molecular flexibility index (Phi) is 4.42. The van der Waals surface area contributed by atoms with Crippen molar-refractivity contribution in [2.24, 2.45) is 5.41 Å². The van der Waals surface area contributed by atoms with Crippen LogP contribution in [-0.2, 0) is 6.54 Å². The Bertz CT molecular complexity index is 432. The molecule has 3 nitrogen and oxygen atoms in total. The van der Waals surface area contributed by atoms with E-state index in [9.17, 15) is 4.39 Å². The van der Waals surface area contributed by atoms with Crippen molar-refractivity contribution in [1.29, 1.82) is 0 Å². The number of hydrogen-bond acceptors (Lipinski definition) is 3. The third-order valence-corrected chi connectivity index (χ3v) is 3.80. The largest absolute Gasteiger partial charge is 0.496 e. The van der Waals surface area contributed by atoms with Crippen LogP contribution in [0, 0.1) is 11.2 Å². The molecule has 0 spiro atoms. The molecule has 106 valence electrons. The fraction of sp³-hybridized carbons (Fsp3) is 0.600. The van der Waals surface area contributed by atoms with Crippen LogP contribution >= 0.6 is 0 Å². The minimum Gasteiger partial charge on any atom is -0.496 e. The molecule has 0 atom stereocenters. The second-order valence-corrected chi connectivity index (χ2v) is 5.66. The lowest BCUT2D eigenvalue weighted by molar-refractivity contribution is 0.249. The third kappa shape index (κ3) is 3.67. The molecular weight excluding hydrogens is 243 g/mol. The van der Waals surface area contributed by atoms with Gasteiger partial charge in [-0.2, -0.15) is 0 Å². The number of rotatable bonds is 7. The fourth-order valence-corrected chi connectivity index (χ4v) is 2.73. The summed E-state index contributed by atoms with van der Waals surface area (Å²) in [5.41, 5.74) is 1.33. The van der Waals surface area contributed by atoms with Gasteiger partial charge in [-0.3, -0.25) is 0 Å². The average molecular weight is 266 g/mol. The van der Waals surface area contributed by atoms with Crippen LogP contribution in [-0.4, -0.2) is 39.2 Å². The van der Waals surface area contributed by atoms with E-state index in [1.807, 2.05) is 7.05 Å². The van der Waals surface area contributed by atoms with Gasteiger partial charge >= 0.3 is 0 Å². The van der Waals surface area contributed by atoms with Crippen LogP contribution in [0.5, 0.6) is 5.75 Å². The maximum absolute atomic E-state index is 13.3. The summed E-state index contributed by atoms with van der Waals surface area (Å²) < 4.78 is 18.6. The molecule has 1 aromatic carbocycles. The van der Waals surface area contributed by atoms with E-state index in [1.54, 1.807) is 19.2 Å². The lowest BCUT2D eigenvalue weighted by atomic mass is 10.1. The van der Waals surface area contributed by atoms with Crippen molar-refractivity contribution in [2.45, 2.75) is 19.4 Å². The van der Waals surface area contributed by atoms with E-state index < -0.39 is 0 Å². The van der Waals surface area contributed by atoms with Crippen LogP contribution in [0.25, 0.3) is 0 Å². The molecule has 1 aromatic rings. The number of halogens is 1. The van der Waals surface area contributed by atoms with Crippen LogP contribution in [0.15, 0.2) is 18.2 Å². The van der Waals surface area contributed by atoms with Crippen molar-refractivity contribution in [3.05, 3.63) is 29.6 Å². The summed E-state index contributed by atoms with van der Waals surface area (Å²) in [4.78, 5) is 2.25. The average Bonchev–Trinajstić information content (AvgIpc) is 3.09. The zero-order valence-electron chi connectivity index (χ0n) is 12.0. The van der Waals surface area contributed by atoms with Crippen LogP contribution < -0.4 is 10.1 Å². The molecule has 0 unspecified atom stereocenters. The van der Waals surface area contributed by atoms with Gasteiger partial charge in [0.15, 0.2) is 0 Å². The molecule has 0 amide bonds. The van der Waals surface area contributed by atoms with E-state index in [0.717, 1.165) is 24.4 Å². The summed E-state index contributed by atoms with van der Waals surface area (Å²) in [6, 6.07) is 4.69. The topological polar surface area (TPSA) is 24.5 Å². The highest BCUT2D eigenvalue weighted by atomic mass is 19.1. The maximum Gasteiger partial charge on any atom is 0.123 e. The highest BCUT2D eigenvalue weighted by Gasteiger charge is 2.42. The third-order valence-electron chi connectivity index (χ3n) is 3.80. The molecule has 1 fully saturated rings. The molecular formula is C15H23FN2O. The molecule has 1 N–H and O–H groups in total. The van der Waals surface area contributed by atoms with Crippen LogP contribution in [0.3, 0.4) is 0 Å². The number of nitrogens with zero attached hydrogens (tertiary/aromatic N) is 1. The Morgan fingerprint density at radius 1 is 1.42 bits per heavy atom. The van der Waals surface area contributed by atoms with Gasteiger partial charge in [0.25, 0.3) is 0 Å². The monoisotopic (exact) mass is 266 g/mol. The summed E-state index contributed by atoms with van der Waals surface area (Å²) in [6.07, 6.45) is 2.55. The van der Waals surface area contributed by atoms with Gasteiger partial charge in [0, 0.05) is 25.2 Å². The molecule has 0 bridgehead atoms. The summed E-state index contributed by atoms with van der Waals surface area (Å²) in [6.45, 7) is 2.80. The molecule has 1 saturated carbocycles. The SMILES string of the molecule is CNCC1(CN(C)Cc2cc(F)ccc2OC)CC1. The second-order valence-electron chi connectivity index (χ2n) is 5.66. The van der Waals surface area contributed by atoms with E-state index in [2.05, 4.69) is 17.3 Å². The minimum atomic E-state index is -0.208. The van der Waals surface area contributed by atoms with Crippen molar-refractivity contribution in [2.75, 3.05) is 34.3 Å². The smallest absolute Gasteiger partial charge is 0.123 e. The van der Waals surface area contributed by atoms with Gasteiger partial charge in [0.2, 0.25) is 0 Å². The first-order valence-corrected chi connectivity index (χ1v) is 6.74. The summed E-state index contributed by atoms with van der Waals surface area (Å²) in [5, 5.41) is 3.26. The van der Waals surface area contributed by atoms with Crippen molar-refractivity contribution in [3.8, 4) is 5.75 Å². The van der Waals surface area contributed by atoms with Gasteiger partial charge in [-0.1, -0.05) is 0 Å². The van der Waals surface area contributed by atoms with E-state index in [4.69, 9.17) is 4.74 Å². The lowest BCUT2D eigenvalue weighted by Gasteiger charge is -2.24. The normalized spacial score (nSPS) is 16.7. The Morgan fingerprint density at radius 2 is 2.16 bits per heavy atom. The van der Waals surface area contributed by atoms with E-state index >= 15 is 0 Å². The van der Waals surface area contributed by atoms with Crippen molar-refractivity contribution in [3.63, 3.8) is 0 Å². The molecule has 0 heterocycles. The number of nitrogens with one attached hydrogen (secondary N) is 1. The second kappa shape index (κ2) is 5.88. The van der Waals surface area contributed by atoms with Crippen LogP contribution in [0.1, 0.15) is 18.4 Å². The number of benzene rings is 1. The highest BCUT2D eigenvalue weighted by Crippen LogP contribution is 2.45. The number of hydrogen-bond donors (Lipinski definition) is 1. The predicted octanol–water partition coefficient (Wildman–Crippen LogP) is 2.27. The molecule has 0 radical (unpaired) electrons. The Balaban J connectivity index is 1.98. The molecule has 4 heteroatoms. The fourth-order valence-electron chi connectivity index (χ4n) is 2.73. The van der Waals surface area contributed by atoms with Crippen LogP contribution in [0.4, 0.5) is 4.39 Å². The summed E-state index contributed by atoms with van der Waals surface area (Å²) >= 11 is 0. The Labute approximate surface area is 114 Å². The zero-order valence-corrected chi connectivity index (χ0v) is 12.0. The first-order chi connectivity index (χ1) is 9.08. The molecule has 2 rings (SSSR count).